The van der Waals surface area contributed by atoms with E-state index >= 15 is 0 Å². The second kappa shape index (κ2) is 30.6. The van der Waals surface area contributed by atoms with Crippen LogP contribution in [0.1, 0.15) is 223 Å². The van der Waals surface area contributed by atoms with Gasteiger partial charge in [0.15, 0.2) is 24.7 Å². The average molecular weight is 1580 g/mol. The minimum absolute atomic E-state index is 0. The second-order valence-corrected chi connectivity index (χ2v) is 38.1. The van der Waals surface area contributed by atoms with E-state index in [2.05, 4.69) is 295 Å². The molecule has 9 heteroatoms. The van der Waals surface area contributed by atoms with Gasteiger partial charge in [-0.3, -0.25) is 0 Å². The Bertz CT molecular complexity index is 4460. The SMILES string of the molecule is CC(C)(C)CC(C)(C)c1ccc([OH+]CCCC[OH+]c2ccc(C(C)(C)CC(C)(C)C)cc2-c2scc(-n3c4ccc(C(C)(C)C)cc4c4cc(C(C)(C)C)ccc43)c2O)c(-c2scc(-n3c4ccc(C(C)(C)C)cc4c4cc(C(C)(C)C)ccc43)c2O)c1.[CH2-]c1ccccc1.[CH2-]c1ccccc1.[Hf]. The van der Waals surface area contributed by atoms with Gasteiger partial charge in [-0.25, -0.2) is 0 Å². The van der Waals surface area contributed by atoms with Crippen LogP contribution in [0.5, 0.6) is 23.0 Å². The maximum atomic E-state index is 12.7. The standard InChI is InChI=1S/C80H100N2O4S2.2C7H7.Hf/c1-73(2,3)47-79(19,20)53-29-35-67(59(43-53)71-69(83)65(45-87-71)81-61-31-25-49(75(7,8)9)39-55(61)56-40-50(76(10,11)12)26-32-62(56)81)85-37-23-24-38-86-68-36-30-54(80(21,22)48-74(4,5)6)44-60(68)72-70(84)66(46-88-72)82-63-33-27-51(77(13,14)15)41-57(63)58-42-52(78(16,17)18)28-34-64(58)82;2*1-7-5-3-2-4-6-7;/h25-36,39-46,83-84H,23-24,37-38,47-48H2,1-22H3;2*2-6H,1H2;/q;2*-1;/p+2. The van der Waals surface area contributed by atoms with Crippen molar-refractivity contribution in [3.63, 3.8) is 0 Å². The molecule has 0 bridgehead atoms. The van der Waals surface area contributed by atoms with Gasteiger partial charge in [-0.2, -0.15) is 49.2 Å². The van der Waals surface area contributed by atoms with Crippen molar-refractivity contribution in [1.29, 1.82) is 0 Å². The number of benzene rings is 8. The number of rotatable bonds is 15. The Hall–Kier alpha value is -7.43. The number of aromatic hydroxyl groups is 4. The van der Waals surface area contributed by atoms with Crippen LogP contribution in [-0.2, 0) is 58.3 Å². The molecular formula is C94H116HfN2O4S2. The summed E-state index contributed by atoms with van der Waals surface area (Å²) >= 11 is 3.19. The fourth-order valence-electron chi connectivity index (χ4n) is 14.8. The molecule has 4 heterocycles. The Kier molecular flexibility index (Phi) is 23.7. The molecule has 4 N–H and O–H groups in total. The van der Waals surface area contributed by atoms with Crippen molar-refractivity contribution >= 4 is 66.3 Å². The van der Waals surface area contributed by atoms with Gasteiger partial charge in [-0.15, -0.1) is 46.9 Å². The van der Waals surface area contributed by atoms with Crippen molar-refractivity contribution in [2.45, 2.75) is 210 Å². The first-order valence-electron chi connectivity index (χ1n) is 36.7. The van der Waals surface area contributed by atoms with E-state index in [1.54, 1.807) is 22.7 Å². The van der Waals surface area contributed by atoms with E-state index < -0.39 is 0 Å². The molecule has 0 amide bonds. The Morgan fingerprint density at radius 3 is 0.864 bits per heavy atom. The van der Waals surface area contributed by atoms with Crippen LogP contribution in [0.15, 0.2) is 181 Å². The van der Waals surface area contributed by atoms with Crippen molar-refractivity contribution in [2.24, 2.45) is 10.8 Å². The fraction of sp³-hybridized carbons (Fsp3) is 0.383. The summed E-state index contributed by atoms with van der Waals surface area (Å²) in [7, 11) is 0. The Morgan fingerprint density at radius 1 is 0.350 bits per heavy atom. The number of aromatic nitrogens is 2. The minimum Gasteiger partial charge on any atom is -0.582 e. The average Bonchev–Trinajstić information content (AvgIpc) is 1.58. The molecule has 8 aromatic carbocycles. The molecule has 12 aromatic rings. The number of aliphatic hydroxyl groups is 2. The molecule has 542 valence electrons. The van der Waals surface area contributed by atoms with Crippen LogP contribution in [0.25, 0.3) is 75.9 Å². The van der Waals surface area contributed by atoms with Gasteiger partial charge in [0.25, 0.3) is 11.5 Å². The topological polar surface area (TPSA) is 75.9 Å². The molecule has 0 aliphatic rings. The summed E-state index contributed by atoms with van der Waals surface area (Å²) in [5.74, 6) is 2.32. The van der Waals surface area contributed by atoms with Crippen LogP contribution >= 0.6 is 22.7 Å². The zero-order chi connectivity index (χ0) is 74.5. The molecule has 0 fully saturated rings. The summed E-state index contributed by atoms with van der Waals surface area (Å²) < 4.78 is 15.3. The number of unbranched alkanes of at least 4 members (excludes halogenated alkanes) is 1. The molecule has 0 saturated carbocycles. The predicted octanol–water partition coefficient (Wildman–Crippen LogP) is 27.1. The largest absolute Gasteiger partial charge is 0.582 e. The van der Waals surface area contributed by atoms with Crippen molar-refractivity contribution in [3.05, 3.63) is 239 Å². The Morgan fingerprint density at radius 2 is 0.621 bits per heavy atom. The first-order valence-corrected chi connectivity index (χ1v) is 38.5. The van der Waals surface area contributed by atoms with Crippen LogP contribution < -0.4 is 0 Å². The van der Waals surface area contributed by atoms with Gasteiger partial charge in [0.1, 0.15) is 0 Å². The molecule has 0 radical (unpaired) electrons. The number of ether oxygens (including phenoxy) is 2. The Labute approximate surface area is 644 Å². The van der Waals surface area contributed by atoms with Crippen LogP contribution in [0.4, 0.5) is 0 Å². The number of thiophene rings is 2. The van der Waals surface area contributed by atoms with Gasteiger partial charge in [0.2, 0.25) is 0 Å². The maximum absolute atomic E-state index is 12.7. The number of fused-ring (bicyclic) bond motifs is 6. The van der Waals surface area contributed by atoms with Crippen LogP contribution in [0.3, 0.4) is 0 Å². The summed E-state index contributed by atoms with van der Waals surface area (Å²) in [5, 5.41) is 34.5. The monoisotopic (exact) mass is 1580 g/mol. The van der Waals surface area contributed by atoms with Gasteiger partial charge >= 0.3 is 0 Å². The molecule has 0 aliphatic carbocycles. The molecule has 4 aromatic heterocycles. The third kappa shape index (κ3) is 18.5. The summed E-state index contributed by atoms with van der Waals surface area (Å²) in [5.41, 5.74) is 17.5. The van der Waals surface area contributed by atoms with Gasteiger partial charge in [-0.05, 0) is 162 Å². The van der Waals surface area contributed by atoms with Gasteiger partial charge in [0, 0.05) is 83.1 Å². The third-order valence-corrected chi connectivity index (χ3v) is 21.8. The first kappa shape index (κ1) is 79.7. The van der Waals surface area contributed by atoms with E-state index in [-0.39, 0.29) is 80.7 Å². The number of hydrogen-bond donors (Lipinski definition) is 2. The van der Waals surface area contributed by atoms with Gasteiger partial charge in [-0.1, -0.05) is 189 Å². The van der Waals surface area contributed by atoms with Gasteiger partial charge in [0.05, 0.1) is 54.3 Å². The summed E-state index contributed by atoms with van der Waals surface area (Å²) in [4.78, 5) is 1.66. The molecule has 0 unspecified atom stereocenters. The number of nitrogens with zero attached hydrogens (tertiary/aromatic N) is 2. The zero-order valence-corrected chi connectivity index (χ0v) is 71.2. The molecular weight excluding hydrogens is 1460 g/mol. The van der Waals surface area contributed by atoms with Crippen molar-refractivity contribution in [3.8, 4) is 55.3 Å². The summed E-state index contributed by atoms with van der Waals surface area (Å²) in [6.07, 6.45) is 3.66. The maximum Gasteiger partial charge on any atom is 0.263 e. The van der Waals surface area contributed by atoms with Crippen LogP contribution in [-0.4, -0.2) is 42.0 Å². The molecule has 6 nitrogen and oxygen atoms in total. The van der Waals surface area contributed by atoms with E-state index in [1.807, 2.05) is 60.7 Å². The van der Waals surface area contributed by atoms with E-state index in [0.29, 0.717) is 13.2 Å². The van der Waals surface area contributed by atoms with E-state index in [4.69, 9.17) is 9.47 Å². The smallest absolute Gasteiger partial charge is 0.263 e. The Balaban J connectivity index is 0.000000734. The van der Waals surface area contributed by atoms with Crippen molar-refractivity contribution in [2.75, 3.05) is 13.2 Å². The normalized spacial score (nSPS) is 12.7. The second-order valence-electron chi connectivity index (χ2n) is 36.3. The van der Waals surface area contributed by atoms with Crippen LogP contribution in [0.2, 0.25) is 0 Å². The van der Waals surface area contributed by atoms with E-state index in [9.17, 15) is 10.2 Å². The summed E-state index contributed by atoms with van der Waals surface area (Å²) in [6.45, 7) is 59.2. The molecule has 0 saturated heterocycles. The fourth-order valence-corrected chi connectivity index (χ4v) is 16.7. The van der Waals surface area contributed by atoms with E-state index in [0.717, 1.165) is 103 Å². The van der Waals surface area contributed by atoms with Crippen molar-refractivity contribution in [1.82, 2.24) is 9.13 Å². The molecule has 0 spiro atoms. The number of hydrogen-bond acceptors (Lipinski definition) is 4. The first-order chi connectivity index (χ1) is 47.5. The zero-order valence-electron chi connectivity index (χ0n) is 66.0. The molecule has 12 rings (SSSR count). The predicted molar refractivity (Wildman–Crippen MR) is 445 cm³/mol. The minimum atomic E-state index is -0.121. The molecule has 103 heavy (non-hydrogen) atoms. The molecule has 0 atom stereocenters. The quantitative estimate of drug-likeness (QED) is 0.0464. The van der Waals surface area contributed by atoms with Crippen molar-refractivity contribution < 1.29 is 45.5 Å². The van der Waals surface area contributed by atoms with Crippen LogP contribution in [0, 0.1) is 24.7 Å². The third-order valence-electron chi connectivity index (χ3n) is 19.8. The van der Waals surface area contributed by atoms with Gasteiger partial charge < -0.3 is 28.8 Å². The van der Waals surface area contributed by atoms with E-state index in [1.165, 1.54) is 54.9 Å². The molecule has 0 aliphatic heterocycles. The summed E-state index contributed by atoms with van der Waals surface area (Å²) in [6, 6.07) is 60.7.